The van der Waals surface area contributed by atoms with Crippen LogP contribution in [0.25, 0.3) is 0 Å². The van der Waals surface area contributed by atoms with Gasteiger partial charge < -0.3 is 5.73 Å². The van der Waals surface area contributed by atoms with Gasteiger partial charge in [0.1, 0.15) is 0 Å². The normalized spacial score (nSPS) is 23.7. The van der Waals surface area contributed by atoms with Crippen molar-refractivity contribution < 1.29 is 8.42 Å². The molecule has 2 rings (SSSR count). The number of benzene rings is 1. The predicted molar refractivity (Wildman–Crippen MR) is 81.7 cm³/mol. The molecule has 2 atom stereocenters. The minimum absolute atomic E-state index is 0.0776. The third-order valence-corrected chi connectivity index (χ3v) is 5.93. The van der Waals surface area contributed by atoms with Gasteiger partial charge in [0.2, 0.25) is 10.0 Å². The first-order valence-electron chi connectivity index (χ1n) is 7.16. The topological polar surface area (TPSA) is 87.2 Å². The largest absolute Gasteiger partial charge is 0.329 e. The summed E-state index contributed by atoms with van der Waals surface area (Å²) >= 11 is 0. The molecule has 0 saturated carbocycles. The zero-order valence-corrected chi connectivity index (χ0v) is 13.0. The molecule has 0 spiro atoms. The molecule has 0 unspecified atom stereocenters. The van der Waals surface area contributed by atoms with Gasteiger partial charge in [0.05, 0.1) is 17.4 Å². The van der Waals surface area contributed by atoms with Gasteiger partial charge in [-0.2, -0.15) is 9.57 Å². The molecule has 1 heterocycles. The number of piperidine rings is 1. The molecule has 0 aromatic heterocycles. The Morgan fingerprint density at radius 1 is 1.48 bits per heavy atom. The van der Waals surface area contributed by atoms with Gasteiger partial charge in [-0.3, -0.25) is 0 Å². The van der Waals surface area contributed by atoms with Crippen molar-refractivity contribution in [3.63, 3.8) is 0 Å². The van der Waals surface area contributed by atoms with Crippen LogP contribution in [-0.2, 0) is 15.8 Å². The third-order valence-electron chi connectivity index (χ3n) is 4.07. The summed E-state index contributed by atoms with van der Waals surface area (Å²) in [6.07, 6.45) is 1.88. The van der Waals surface area contributed by atoms with Crippen LogP contribution in [0.3, 0.4) is 0 Å². The fraction of sp³-hybridized carbons (Fsp3) is 0.533. The van der Waals surface area contributed by atoms with Gasteiger partial charge in [-0.05, 0) is 36.5 Å². The van der Waals surface area contributed by atoms with Crippen molar-refractivity contribution in [3.05, 3.63) is 35.4 Å². The van der Waals surface area contributed by atoms with Crippen molar-refractivity contribution >= 4 is 10.0 Å². The summed E-state index contributed by atoms with van der Waals surface area (Å²) in [6, 6.07) is 8.65. The predicted octanol–water partition coefficient (Wildman–Crippen LogP) is 1.45. The second-order valence-electron chi connectivity index (χ2n) is 5.60. The molecule has 1 fully saturated rings. The molecule has 0 aliphatic carbocycles. The molecule has 1 aromatic rings. The summed E-state index contributed by atoms with van der Waals surface area (Å²) in [7, 11) is -3.41. The Morgan fingerprint density at radius 2 is 2.24 bits per heavy atom. The molecule has 114 valence electrons. The van der Waals surface area contributed by atoms with Crippen LogP contribution in [0, 0.1) is 17.2 Å². The summed E-state index contributed by atoms with van der Waals surface area (Å²) in [4.78, 5) is 0. The van der Waals surface area contributed by atoms with E-state index in [2.05, 4.69) is 6.92 Å². The Hall–Kier alpha value is -1.42. The zero-order valence-electron chi connectivity index (χ0n) is 12.2. The van der Waals surface area contributed by atoms with Crippen molar-refractivity contribution in [1.82, 2.24) is 4.31 Å². The second kappa shape index (κ2) is 6.56. The lowest BCUT2D eigenvalue weighted by atomic mass is 9.93. The van der Waals surface area contributed by atoms with E-state index in [0.717, 1.165) is 12.8 Å². The van der Waals surface area contributed by atoms with Gasteiger partial charge >= 0.3 is 0 Å². The standard InChI is InChI=1S/C15H21N3O2S/c1-12-4-3-7-18(15(12)10-17)21(19,20)11-14-6-2-5-13(8-14)9-16/h2,5-6,8,12,15H,3-4,7,10-11,17H2,1H3/t12-,15+/m0/s1. The molecule has 1 aliphatic rings. The zero-order chi connectivity index (χ0) is 15.5. The Labute approximate surface area is 126 Å². The van der Waals surface area contributed by atoms with E-state index >= 15 is 0 Å². The van der Waals surface area contributed by atoms with Crippen molar-refractivity contribution in [2.75, 3.05) is 13.1 Å². The summed E-state index contributed by atoms with van der Waals surface area (Å²) in [5.41, 5.74) is 6.89. The lowest BCUT2D eigenvalue weighted by molar-refractivity contribution is 0.192. The van der Waals surface area contributed by atoms with Crippen molar-refractivity contribution in [3.8, 4) is 6.07 Å². The van der Waals surface area contributed by atoms with Gasteiger partial charge in [-0.15, -0.1) is 0 Å². The first-order valence-corrected chi connectivity index (χ1v) is 8.77. The average molecular weight is 307 g/mol. The number of rotatable bonds is 4. The quantitative estimate of drug-likeness (QED) is 0.912. The van der Waals surface area contributed by atoms with Crippen LogP contribution in [0.5, 0.6) is 0 Å². The highest BCUT2D eigenvalue weighted by Crippen LogP contribution is 2.26. The Bertz CT molecular complexity index is 637. The van der Waals surface area contributed by atoms with Crippen LogP contribution in [0.15, 0.2) is 24.3 Å². The molecule has 6 heteroatoms. The first kappa shape index (κ1) is 16.0. The van der Waals surface area contributed by atoms with Crippen molar-refractivity contribution in [1.29, 1.82) is 5.26 Å². The van der Waals surface area contributed by atoms with Crippen LogP contribution < -0.4 is 5.73 Å². The number of hydrogen-bond donors (Lipinski definition) is 1. The highest BCUT2D eigenvalue weighted by atomic mass is 32.2. The number of nitrogens with two attached hydrogens (primary N) is 1. The highest BCUT2D eigenvalue weighted by Gasteiger charge is 2.35. The summed E-state index contributed by atoms with van der Waals surface area (Å²) in [5.74, 6) is 0.204. The van der Waals surface area contributed by atoms with Gasteiger partial charge in [-0.25, -0.2) is 8.42 Å². The van der Waals surface area contributed by atoms with E-state index in [9.17, 15) is 8.42 Å². The second-order valence-corrected chi connectivity index (χ2v) is 7.52. The molecule has 0 amide bonds. The molecule has 1 aliphatic heterocycles. The molecule has 0 bridgehead atoms. The van der Waals surface area contributed by atoms with E-state index in [4.69, 9.17) is 11.0 Å². The SMILES string of the molecule is C[C@H]1CCCN(S(=O)(=O)Cc2cccc(C#N)c2)[C@@H]1CN. The summed E-state index contributed by atoms with van der Waals surface area (Å²) in [6.45, 7) is 2.93. The molecular formula is C15H21N3O2S. The average Bonchev–Trinajstić information content (AvgIpc) is 2.46. The van der Waals surface area contributed by atoms with Crippen LogP contribution in [0.2, 0.25) is 0 Å². The third kappa shape index (κ3) is 3.62. The van der Waals surface area contributed by atoms with E-state index in [1.165, 1.54) is 0 Å². The van der Waals surface area contributed by atoms with Gasteiger partial charge in [0.15, 0.2) is 0 Å². The Morgan fingerprint density at radius 3 is 2.90 bits per heavy atom. The van der Waals surface area contributed by atoms with E-state index in [0.29, 0.717) is 24.2 Å². The molecular weight excluding hydrogens is 286 g/mol. The van der Waals surface area contributed by atoms with Gasteiger partial charge in [0, 0.05) is 19.1 Å². The summed E-state index contributed by atoms with van der Waals surface area (Å²) < 4.78 is 26.9. The number of nitrogens with zero attached hydrogens (tertiary/aromatic N) is 2. The number of nitriles is 1. The number of sulfonamides is 1. The maximum atomic E-state index is 12.7. The number of hydrogen-bond acceptors (Lipinski definition) is 4. The molecule has 21 heavy (non-hydrogen) atoms. The van der Waals surface area contributed by atoms with E-state index < -0.39 is 10.0 Å². The lowest BCUT2D eigenvalue weighted by Gasteiger charge is -2.38. The first-order chi connectivity index (χ1) is 9.97. The van der Waals surface area contributed by atoms with Crippen LogP contribution in [-0.4, -0.2) is 31.9 Å². The maximum Gasteiger partial charge on any atom is 0.218 e. The van der Waals surface area contributed by atoms with E-state index in [-0.39, 0.29) is 17.7 Å². The monoisotopic (exact) mass is 307 g/mol. The van der Waals surface area contributed by atoms with Crippen molar-refractivity contribution in [2.45, 2.75) is 31.6 Å². The smallest absolute Gasteiger partial charge is 0.218 e. The highest BCUT2D eigenvalue weighted by molar-refractivity contribution is 7.88. The lowest BCUT2D eigenvalue weighted by Crippen LogP contribution is -2.51. The van der Waals surface area contributed by atoms with Crippen molar-refractivity contribution in [2.24, 2.45) is 11.7 Å². The van der Waals surface area contributed by atoms with Crippen LogP contribution >= 0.6 is 0 Å². The van der Waals surface area contributed by atoms with Crippen LogP contribution in [0.4, 0.5) is 0 Å². The van der Waals surface area contributed by atoms with Gasteiger partial charge in [0.25, 0.3) is 0 Å². The fourth-order valence-electron chi connectivity index (χ4n) is 2.93. The fourth-order valence-corrected chi connectivity index (χ4v) is 4.81. The maximum absolute atomic E-state index is 12.7. The van der Waals surface area contributed by atoms with E-state index in [1.54, 1.807) is 28.6 Å². The van der Waals surface area contributed by atoms with E-state index in [1.807, 2.05) is 6.07 Å². The Kier molecular flexibility index (Phi) is 4.99. The Balaban J connectivity index is 2.22. The molecule has 1 aromatic carbocycles. The minimum atomic E-state index is -3.41. The van der Waals surface area contributed by atoms with Gasteiger partial charge in [-0.1, -0.05) is 19.1 Å². The van der Waals surface area contributed by atoms with Crippen LogP contribution in [0.1, 0.15) is 30.9 Å². The molecule has 0 radical (unpaired) electrons. The summed E-state index contributed by atoms with van der Waals surface area (Å²) in [5, 5.41) is 8.90. The minimum Gasteiger partial charge on any atom is -0.329 e. The molecule has 1 saturated heterocycles. The molecule has 5 nitrogen and oxygen atoms in total. The molecule has 2 N–H and O–H groups in total.